The van der Waals surface area contributed by atoms with E-state index in [1.165, 1.54) is 18.2 Å². The third kappa shape index (κ3) is 6.03. The number of carbonyl (C=O) groups is 1. The lowest BCUT2D eigenvalue weighted by molar-refractivity contribution is -0.274. The molecule has 36 heavy (non-hydrogen) atoms. The number of nitrogens with one attached hydrogen (secondary N) is 1. The highest BCUT2D eigenvalue weighted by atomic mass is 32.2. The van der Waals surface area contributed by atoms with Gasteiger partial charge in [0.15, 0.2) is 0 Å². The SMILES string of the molecule is O=C(NCc1cccc(-c2cccc(OC(F)(F)F)c2)c1)[C@@H]1CCCN1S(=O)(=O)c1ccc(F)cc1. The molecule has 0 radical (unpaired) electrons. The Kier molecular flexibility index (Phi) is 7.32. The molecule has 3 aromatic rings. The number of rotatable bonds is 7. The van der Waals surface area contributed by atoms with Crippen LogP contribution in [0, 0.1) is 5.82 Å². The zero-order valence-corrected chi connectivity index (χ0v) is 19.7. The molecule has 0 aromatic heterocycles. The second kappa shape index (κ2) is 10.3. The molecule has 1 aliphatic heterocycles. The second-order valence-electron chi connectivity index (χ2n) is 8.22. The van der Waals surface area contributed by atoms with Crippen LogP contribution in [0.2, 0.25) is 0 Å². The molecule has 4 rings (SSSR count). The number of carbonyl (C=O) groups excluding carboxylic acids is 1. The molecule has 1 fully saturated rings. The summed E-state index contributed by atoms with van der Waals surface area (Å²) in [7, 11) is -3.98. The number of amides is 1. The van der Waals surface area contributed by atoms with Gasteiger partial charge in [-0.15, -0.1) is 13.2 Å². The van der Waals surface area contributed by atoms with Gasteiger partial charge in [-0.1, -0.05) is 30.3 Å². The van der Waals surface area contributed by atoms with E-state index in [1.807, 2.05) is 0 Å². The fraction of sp³-hybridized carbons (Fsp3) is 0.240. The first-order chi connectivity index (χ1) is 17.0. The minimum atomic E-state index is -4.80. The van der Waals surface area contributed by atoms with Crippen LogP contribution in [0.3, 0.4) is 0 Å². The van der Waals surface area contributed by atoms with E-state index in [-0.39, 0.29) is 23.7 Å². The minimum Gasteiger partial charge on any atom is -0.406 e. The topological polar surface area (TPSA) is 75.7 Å². The molecule has 1 aliphatic rings. The Morgan fingerprint density at radius 2 is 1.67 bits per heavy atom. The van der Waals surface area contributed by atoms with Crippen LogP contribution in [0.5, 0.6) is 5.75 Å². The zero-order valence-electron chi connectivity index (χ0n) is 18.8. The highest BCUT2D eigenvalue weighted by molar-refractivity contribution is 7.89. The molecule has 1 N–H and O–H groups in total. The van der Waals surface area contributed by atoms with Crippen molar-refractivity contribution < 1.29 is 35.5 Å². The van der Waals surface area contributed by atoms with Gasteiger partial charge in [-0.3, -0.25) is 4.79 Å². The van der Waals surface area contributed by atoms with Gasteiger partial charge in [-0.2, -0.15) is 4.31 Å². The normalized spacial score (nSPS) is 16.6. The van der Waals surface area contributed by atoms with Crippen LogP contribution in [0.25, 0.3) is 11.1 Å². The molecule has 6 nitrogen and oxygen atoms in total. The van der Waals surface area contributed by atoms with Crippen LogP contribution >= 0.6 is 0 Å². The quantitative estimate of drug-likeness (QED) is 0.450. The number of nitrogens with zero attached hydrogens (tertiary/aromatic N) is 1. The number of alkyl halides is 3. The summed E-state index contributed by atoms with van der Waals surface area (Å²) in [6, 6.07) is 16.0. The van der Waals surface area contributed by atoms with Crippen LogP contribution in [0.15, 0.2) is 77.7 Å². The Morgan fingerprint density at radius 3 is 2.36 bits per heavy atom. The summed E-state index contributed by atoms with van der Waals surface area (Å²) in [6.45, 7) is 0.260. The molecule has 0 spiro atoms. The molecule has 11 heteroatoms. The van der Waals surface area contributed by atoms with Crippen molar-refractivity contribution in [2.24, 2.45) is 0 Å². The van der Waals surface area contributed by atoms with Crippen LogP contribution in [-0.2, 0) is 21.4 Å². The average Bonchev–Trinajstić information content (AvgIpc) is 3.33. The zero-order chi connectivity index (χ0) is 25.9. The molecular formula is C25H22F4N2O4S. The highest BCUT2D eigenvalue weighted by Gasteiger charge is 2.39. The lowest BCUT2D eigenvalue weighted by Gasteiger charge is -2.23. The van der Waals surface area contributed by atoms with Gasteiger partial charge in [0.05, 0.1) is 4.90 Å². The number of hydrogen-bond donors (Lipinski definition) is 1. The summed E-state index contributed by atoms with van der Waals surface area (Å²) in [5.74, 6) is -1.38. The summed E-state index contributed by atoms with van der Waals surface area (Å²) < 4.78 is 81.9. The van der Waals surface area contributed by atoms with E-state index in [1.54, 1.807) is 30.3 Å². The third-order valence-electron chi connectivity index (χ3n) is 5.72. The highest BCUT2D eigenvalue weighted by Crippen LogP contribution is 2.29. The molecule has 0 unspecified atom stereocenters. The molecule has 190 valence electrons. The van der Waals surface area contributed by atoms with E-state index in [9.17, 15) is 30.8 Å². The average molecular weight is 523 g/mol. The van der Waals surface area contributed by atoms with Crippen molar-refractivity contribution in [3.05, 3.63) is 84.2 Å². The largest absolute Gasteiger partial charge is 0.573 e. The lowest BCUT2D eigenvalue weighted by atomic mass is 10.0. The smallest absolute Gasteiger partial charge is 0.406 e. The van der Waals surface area contributed by atoms with E-state index in [2.05, 4.69) is 10.1 Å². The van der Waals surface area contributed by atoms with Crippen LogP contribution in [0.4, 0.5) is 17.6 Å². The van der Waals surface area contributed by atoms with Crippen LogP contribution in [0.1, 0.15) is 18.4 Å². The maximum absolute atomic E-state index is 13.2. The monoisotopic (exact) mass is 522 g/mol. The van der Waals surface area contributed by atoms with Crippen molar-refractivity contribution in [3.8, 4) is 16.9 Å². The van der Waals surface area contributed by atoms with Gasteiger partial charge in [0.2, 0.25) is 15.9 Å². The van der Waals surface area contributed by atoms with Gasteiger partial charge in [-0.05, 0) is 72.0 Å². The predicted molar refractivity (Wildman–Crippen MR) is 124 cm³/mol. The first-order valence-corrected chi connectivity index (χ1v) is 12.5. The molecule has 1 heterocycles. The van der Waals surface area contributed by atoms with Crippen molar-refractivity contribution in [1.29, 1.82) is 0 Å². The molecule has 0 saturated carbocycles. The van der Waals surface area contributed by atoms with Gasteiger partial charge in [0.25, 0.3) is 0 Å². The van der Waals surface area contributed by atoms with Crippen molar-refractivity contribution in [2.45, 2.75) is 36.7 Å². The first kappa shape index (κ1) is 25.6. The first-order valence-electron chi connectivity index (χ1n) is 11.0. The van der Waals surface area contributed by atoms with Gasteiger partial charge >= 0.3 is 6.36 Å². The van der Waals surface area contributed by atoms with E-state index in [4.69, 9.17) is 0 Å². The maximum atomic E-state index is 13.2. The number of sulfonamides is 1. The van der Waals surface area contributed by atoms with E-state index in [0.717, 1.165) is 28.6 Å². The minimum absolute atomic E-state index is 0.0896. The molecule has 1 atom stereocenters. The Balaban J connectivity index is 1.45. The third-order valence-corrected chi connectivity index (χ3v) is 7.64. The van der Waals surface area contributed by atoms with Crippen molar-refractivity contribution in [3.63, 3.8) is 0 Å². The Labute approximate surface area is 205 Å². The standard InChI is InChI=1S/C25H22F4N2O4S/c26-20-9-11-22(12-10-20)36(33,34)31-13-3-8-23(31)24(32)30-16-17-4-1-5-18(14-17)19-6-2-7-21(15-19)35-25(27,28)29/h1-2,4-7,9-12,14-15,23H,3,8,13,16H2,(H,30,32)/t23-/m0/s1. The number of hydrogen-bond acceptors (Lipinski definition) is 4. The molecule has 1 amide bonds. The van der Waals surface area contributed by atoms with Crippen molar-refractivity contribution >= 4 is 15.9 Å². The second-order valence-corrected chi connectivity index (χ2v) is 10.1. The van der Waals surface area contributed by atoms with Gasteiger partial charge in [0.1, 0.15) is 17.6 Å². The van der Waals surface area contributed by atoms with Gasteiger partial charge in [-0.25, -0.2) is 12.8 Å². The Hall–Kier alpha value is -3.44. The molecule has 3 aromatic carbocycles. The number of halogens is 4. The van der Waals surface area contributed by atoms with E-state index in [0.29, 0.717) is 29.5 Å². The van der Waals surface area contributed by atoms with Crippen LogP contribution < -0.4 is 10.1 Å². The van der Waals surface area contributed by atoms with Gasteiger partial charge < -0.3 is 10.1 Å². The summed E-state index contributed by atoms with van der Waals surface area (Å²) >= 11 is 0. The number of benzene rings is 3. The fourth-order valence-electron chi connectivity index (χ4n) is 4.07. The summed E-state index contributed by atoms with van der Waals surface area (Å²) in [6.07, 6.45) is -3.95. The van der Waals surface area contributed by atoms with E-state index < -0.39 is 34.2 Å². The van der Waals surface area contributed by atoms with Crippen molar-refractivity contribution in [2.75, 3.05) is 6.54 Å². The summed E-state index contributed by atoms with van der Waals surface area (Å²) in [4.78, 5) is 12.8. The molecule has 1 saturated heterocycles. The van der Waals surface area contributed by atoms with Crippen LogP contribution in [-0.4, -0.2) is 37.6 Å². The number of ether oxygens (including phenoxy) is 1. The maximum Gasteiger partial charge on any atom is 0.573 e. The molecular weight excluding hydrogens is 500 g/mol. The Bertz CT molecular complexity index is 1340. The predicted octanol–water partition coefficient (Wildman–Crippen LogP) is 4.86. The molecule has 0 bridgehead atoms. The molecule has 0 aliphatic carbocycles. The van der Waals surface area contributed by atoms with E-state index >= 15 is 0 Å². The fourth-order valence-corrected chi connectivity index (χ4v) is 5.73. The Morgan fingerprint density at radius 1 is 1.00 bits per heavy atom. The van der Waals surface area contributed by atoms with Crippen molar-refractivity contribution in [1.82, 2.24) is 9.62 Å². The lowest BCUT2D eigenvalue weighted by Crippen LogP contribution is -2.45. The summed E-state index contributed by atoms with van der Waals surface area (Å²) in [5.41, 5.74) is 1.79. The van der Waals surface area contributed by atoms with Gasteiger partial charge in [0, 0.05) is 13.1 Å². The summed E-state index contributed by atoms with van der Waals surface area (Å²) in [5, 5.41) is 2.75.